The lowest BCUT2D eigenvalue weighted by Crippen LogP contribution is -2.20. The topological polar surface area (TPSA) is 198 Å². The number of nitrogen functional groups attached to an aromatic ring is 1. The van der Waals surface area contributed by atoms with Crippen molar-refractivity contribution < 1.29 is 37.6 Å². The normalized spacial score (nSPS) is 20.1. The van der Waals surface area contributed by atoms with Crippen LogP contribution in [0.3, 0.4) is 0 Å². The fourth-order valence-corrected chi connectivity index (χ4v) is 6.52. The highest BCUT2D eigenvalue weighted by Gasteiger charge is 2.39. The van der Waals surface area contributed by atoms with Crippen molar-refractivity contribution in [2.75, 3.05) is 37.1 Å². The predicted octanol–water partition coefficient (Wildman–Crippen LogP) is 3.12. The number of phosphoric acid groups is 1. The van der Waals surface area contributed by atoms with Crippen LogP contribution in [-0.2, 0) is 32.5 Å². The molecular formula is C24H38N5O9PS2. The monoisotopic (exact) mass is 635 g/mol. The fourth-order valence-electron chi connectivity index (χ4n) is 3.50. The van der Waals surface area contributed by atoms with E-state index in [9.17, 15) is 24.1 Å². The first-order chi connectivity index (χ1) is 19.0. The molecule has 230 valence electrons. The lowest BCUT2D eigenvalue weighted by atomic mass is 9.99. The smallest absolute Gasteiger partial charge is 0.388 e. The number of carbonyl (C=O) groups excluding carboxylic acids is 2. The van der Waals surface area contributed by atoms with Crippen LogP contribution >= 0.6 is 31.3 Å². The van der Waals surface area contributed by atoms with Crippen molar-refractivity contribution >= 4 is 58.7 Å². The van der Waals surface area contributed by atoms with Crippen LogP contribution in [0, 0.1) is 10.8 Å². The minimum Gasteiger partial charge on any atom is -0.388 e. The molecule has 4 N–H and O–H groups in total. The van der Waals surface area contributed by atoms with Crippen LogP contribution in [0.4, 0.5) is 5.95 Å². The molecule has 0 saturated carbocycles. The van der Waals surface area contributed by atoms with Crippen molar-refractivity contribution in [3.8, 4) is 0 Å². The Hall–Kier alpha value is -1.78. The molecule has 0 amide bonds. The van der Waals surface area contributed by atoms with Crippen LogP contribution in [0.1, 0.15) is 54.2 Å². The molecule has 1 aliphatic rings. The number of anilines is 1. The van der Waals surface area contributed by atoms with Gasteiger partial charge < -0.3 is 15.6 Å². The number of imidazole rings is 1. The lowest BCUT2D eigenvalue weighted by molar-refractivity contribution is -0.118. The number of nitrogens with one attached hydrogen (secondary N) is 1. The number of hydrogen-bond donors (Lipinski definition) is 3. The second-order valence-electron chi connectivity index (χ2n) is 11.4. The molecule has 3 rings (SSSR count). The first-order valence-corrected chi connectivity index (χ1v) is 16.4. The fraction of sp³-hybridized carbons (Fsp3) is 0.708. The Kier molecular flexibility index (Phi) is 11.2. The largest absolute Gasteiger partial charge is 0.474 e. The quantitative estimate of drug-likeness (QED) is 0.227. The molecule has 0 aromatic carbocycles. The molecular weight excluding hydrogens is 597 g/mol. The van der Waals surface area contributed by atoms with Crippen molar-refractivity contribution in [3.05, 3.63) is 16.7 Å². The Morgan fingerprint density at radius 2 is 1.68 bits per heavy atom. The van der Waals surface area contributed by atoms with Gasteiger partial charge in [-0.2, -0.15) is 4.98 Å². The van der Waals surface area contributed by atoms with E-state index in [-0.39, 0.29) is 65.1 Å². The Morgan fingerprint density at radius 3 is 2.22 bits per heavy atom. The van der Waals surface area contributed by atoms with Crippen LogP contribution in [0.5, 0.6) is 0 Å². The molecule has 17 heteroatoms. The van der Waals surface area contributed by atoms with Crippen molar-refractivity contribution in [1.29, 1.82) is 0 Å². The molecule has 41 heavy (non-hydrogen) atoms. The van der Waals surface area contributed by atoms with E-state index in [1.165, 1.54) is 10.9 Å². The number of ether oxygens (including phenoxy) is 1. The number of nitrogens with two attached hydrogens (primary N) is 1. The zero-order valence-electron chi connectivity index (χ0n) is 23.9. The second kappa shape index (κ2) is 13.7. The molecule has 0 bridgehead atoms. The van der Waals surface area contributed by atoms with Gasteiger partial charge in [-0.25, -0.2) is 9.55 Å². The van der Waals surface area contributed by atoms with Crippen LogP contribution < -0.4 is 11.3 Å². The molecule has 14 nitrogen and oxygen atoms in total. The number of fused-ring (bicyclic) bond motifs is 1. The number of thioether (sulfide) groups is 2. The summed E-state index contributed by atoms with van der Waals surface area (Å²) in [5.74, 6) is 0.346. The van der Waals surface area contributed by atoms with Gasteiger partial charge in [0.25, 0.3) is 5.56 Å². The lowest BCUT2D eigenvalue weighted by Gasteiger charge is -2.21. The average Bonchev–Trinajstić information content (AvgIpc) is 3.44. The summed E-state index contributed by atoms with van der Waals surface area (Å²) in [4.78, 5) is 46.9. The van der Waals surface area contributed by atoms with Crippen molar-refractivity contribution in [2.45, 2.75) is 66.4 Å². The maximum atomic E-state index is 13.4. The second-order valence-corrected chi connectivity index (χ2v) is 15.2. The van der Waals surface area contributed by atoms with E-state index in [2.05, 4.69) is 15.0 Å². The Labute approximate surface area is 246 Å². The number of carbonyl (C=O) groups is 2. The standard InChI is InChI=1S/C24H38N5O9PS2/c1-23(2,3)20(32)40-9-7-35-39(34,36-8-10-41-21(33)24(4,5)6)37-12-14-11-15(30)19(38-14)29-13-26-16-17(29)27-22(25)28-18(16)31/h13-15,19,30H,7-12H2,1-6H3,(H3,25,27,28,31)/t14-,15+,19+/m0/s1. The Balaban J connectivity index is 1.62. The molecule has 2 aromatic heterocycles. The van der Waals surface area contributed by atoms with E-state index in [1.54, 1.807) is 41.5 Å². The number of phosphoric ester groups is 1. The summed E-state index contributed by atoms with van der Waals surface area (Å²) in [7, 11) is -4.13. The third-order valence-electron chi connectivity index (χ3n) is 5.67. The van der Waals surface area contributed by atoms with E-state index in [0.29, 0.717) is 0 Å². The highest BCUT2D eigenvalue weighted by Crippen LogP contribution is 2.50. The van der Waals surface area contributed by atoms with Crippen LogP contribution in [0.15, 0.2) is 11.1 Å². The van der Waals surface area contributed by atoms with Gasteiger partial charge in [-0.05, 0) is 0 Å². The first-order valence-electron chi connectivity index (χ1n) is 12.9. The van der Waals surface area contributed by atoms with Gasteiger partial charge in [-0.15, -0.1) is 0 Å². The molecule has 0 unspecified atom stereocenters. The number of aliphatic hydroxyl groups is 1. The number of aliphatic hydroxyl groups excluding tert-OH is 1. The van der Waals surface area contributed by atoms with Gasteiger partial charge in [0, 0.05) is 28.8 Å². The molecule has 0 spiro atoms. The molecule has 3 atom stereocenters. The van der Waals surface area contributed by atoms with Gasteiger partial charge in [-0.3, -0.25) is 37.5 Å². The summed E-state index contributed by atoms with van der Waals surface area (Å²) in [6, 6.07) is 0. The summed E-state index contributed by atoms with van der Waals surface area (Å²) in [6.45, 7) is 10.4. The number of aromatic nitrogens is 4. The van der Waals surface area contributed by atoms with Crippen LogP contribution in [0.2, 0.25) is 0 Å². The highest BCUT2D eigenvalue weighted by atomic mass is 32.2. The highest BCUT2D eigenvalue weighted by molar-refractivity contribution is 8.14. The number of nitrogens with zero attached hydrogens (tertiary/aromatic N) is 3. The number of aromatic amines is 1. The zero-order chi connectivity index (χ0) is 30.6. The van der Waals surface area contributed by atoms with Gasteiger partial charge in [0.05, 0.1) is 32.3 Å². The van der Waals surface area contributed by atoms with Gasteiger partial charge in [0.1, 0.15) is 6.10 Å². The SMILES string of the molecule is CC(C)(C)C(=O)SCCOP(=O)(OCCSC(=O)C(C)(C)C)OC[C@@H]1C[C@@H](O)[C@H](n2cnc3c(=O)[nH]c(N)nc32)O1. The van der Waals surface area contributed by atoms with Crippen LogP contribution in [0.25, 0.3) is 11.2 Å². The van der Waals surface area contributed by atoms with Gasteiger partial charge in [-0.1, -0.05) is 65.1 Å². The summed E-state index contributed by atoms with van der Waals surface area (Å²) in [5.41, 5.74) is 4.22. The van der Waals surface area contributed by atoms with Crippen molar-refractivity contribution in [2.24, 2.45) is 10.8 Å². The summed E-state index contributed by atoms with van der Waals surface area (Å²) in [6.07, 6.45) is -1.28. The Morgan fingerprint density at radius 1 is 1.12 bits per heavy atom. The van der Waals surface area contributed by atoms with E-state index in [4.69, 9.17) is 24.0 Å². The average molecular weight is 636 g/mol. The van der Waals surface area contributed by atoms with Crippen molar-refractivity contribution in [3.63, 3.8) is 0 Å². The van der Waals surface area contributed by atoms with Crippen molar-refractivity contribution in [1.82, 2.24) is 19.5 Å². The molecule has 1 aliphatic heterocycles. The minimum atomic E-state index is -4.13. The third kappa shape index (κ3) is 9.35. The molecule has 0 radical (unpaired) electrons. The summed E-state index contributed by atoms with van der Waals surface area (Å²) < 4.78 is 37.3. The van der Waals surface area contributed by atoms with Gasteiger partial charge in [0.2, 0.25) is 5.95 Å². The minimum absolute atomic E-state index is 0.0339. The van der Waals surface area contributed by atoms with Gasteiger partial charge in [0.15, 0.2) is 27.6 Å². The maximum Gasteiger partial charge on any atom is 0.474 e. The van der Waals surface area contributed by atoms with Gasteiger partial charge >= 0.3 is 7.82 Å². The maximum absolute atomic E-state index is 13.4. The predicted molar refractivity (Wildman–Crippen MR) is 156 cm³/mol. The summed E-state index contributed by atoms with van der Waals surface area (Å²) in [5, 5.41) is 10.6. The van der Waals surface area contributed by atoms with E-state index >= 15 is 0 Å². The number of H-pyrrole nitrogens is 1. The molecule has 1 saturated heterocycles. The van der Waals surface area contributed by atoms with E-state index < -0.39 is 42.6 Å². The zero-order valence-corrected chi connectivity index (χ0v) is 26.5. The molecule has 2 aromatic rings. The van der Waals surface area contributed by atoms with E-state index in [1.807, 2.05) is 0 Å². The summed E-state index contributed by atoms with van der Waals surface area (Å²) >= 11 is 2.11. The third-order valence-corrected chi connectivity index (χ3v) is 9.62. The molecule has 3 heterocycles. The first kappa shape index (κ1) is 33.7. The number of hydrogen-bond acceptors (Lipinski definition) is 14. The Bertz CT molecular complexity index is 1300. The number of rotatable bonds is 12. The van der Waals surface area contributed by atoms with Crippen LogP contribution in [-0.4, -0.2) is 78.4 Å². The molecule has 0 aliphatic carbocycles. The molecule has 1 fully saturated rings. The van der Waals surface area contributed by atoms with E-state index in [0.717, 1.165) is 23.5 Å².